The Morgan fingerprint density at radius 1 is 1.47 bits per heavy atom. The maximum absolute atomic E-state index is 9.12. The summed E-state index contributed by atoms with van der Waals surface area (Å²) in [6, 6.07) is 0. The Bertz CT molecular complexity index is 182. The van der Waals surface area contributed by atoms with Crippen LogP contribution >= 0.6 is 0 Å². The second-order valence-electron chi connectivity index (χ2n) is 5.32. The summed E-state index contributed by atoms with van der Waals surface area (Å²) < 4.78 is 5.63. The molecule has 0 amide bonds. The van der Waals surface area contributed by atoms with E-state index in [4.69, 9.17) is 9.84 Å². The lowest BCUT2D eigenvalue weighted by atomic mass is 9.94. The highest BCUT2D eigenvalue weighted by Gasteiger charge is 2.26. The van der Waals surface area contributed by atoms with Gasteiger partial charge in [-0.1, -0.05) is 20.8 Å². The van der Waals surface area contributed by atoms with Crippen molar-refractivity contribution in [2.24, 2.45) is 11.3 Å². The van der Waals surface area contributed by atoms with Gasteiger partial charge in [-0.25, -0.2) is 0 Å². The highest BCUT2D eigenvalue weighted by Crippen LogP contribution is 2.22. The van der Waals surface area contributed by atoms with Gasteiger partial charge in [-0.15, -0.1) is 0 Å². The standard InChI is InChI=1S/C12H25NO2/c1-4-11-10(5-6-15-11)7-13-8-12(2,3)9-14/h10-11,13-14H,4-9H2,1-3H3. The zero-order chi connectivity index (χ0) is 11.3. The summed E-state index contributed by atoms with van der Waals surface area (Å²) in [4.78, 5) is 0. The molecule has 0 aromatic carbocycles. The molecule has 0 saturated carbocycles. The first-order valence-corrected chi connectivity index (χ1v) is 6.02. The lowest BCUT2D eigenvalue weighted by molar-refractivity contribution is 0.0855. The fourth-order valence-electron chi connectivity index (χ4n) is 2.03. The van der Waals surface area contributed by atoms with Crippen LogP contribution in [-0.4, -0.2) is 37.5 Å². The Hall–Kier alpha value is -0.120. The van der Waals surface area contributed by atoms with Gasteiger partial charge in [0.2, 0.25) is 0 Å². The molecule has 0 radical (unpaired) electrons. The van der Waals surface area contributed by atoms with Gasteiger partial charge in [0, 0.05) is 31.7 Å². The molecule has 3 nitrogen and oxygen atoms in total. The first-order chi connectivity index (χ1) is 7.09. The van der Waals surface area contributed by atoms with Crippen LogP contribution in [0, 0.1) is 11.3 Å². The van der Waals surface area contributed by atoms with Crippen molar-refractivity contribution in [1.29, 1.82) is 0 Å². The van der Waals surface area contributed by atoms with E-state index in [2.05, 4.69) is 26.1 Å². The van der Waals surface area contributed by atoms with E-state index in [0.29, 0.717) is 12.0 Å². The van der Waals surface area contributed by atoms with Crippen molar-refractivity contribution in [2.75, 3.05) is 26.3 Å². The summed E-state index contributed by atoms with van der Waals surface area (Å²) in [7, 11) is 0. The zero-order valence-electron chi connectivity index (χ0n) is 10.3. The van der Waals surface area contributed by atoms with Crippen molar-refractivity contribution in [3.63, 3.8) is 0 Å². The minimum absolute atomic E-state index is 0.0127. The molecule has 0 spiro atoms. The SMILES string of the molecule is CCC1OCCC1CNCC(C)(C)CO. The maximum atomic E-state index is 9.12. The quantitative estimate of drug-likeness (QED) is 0.704. The number of nitrogens with one attached hydrogen (secondary N) is 1. The molecule has 1 rings (SSSR count). The van der Waals surface area contributed by atoms with Crippen LogP contribution in [0.2, 0.25) is 0 Å². The minimum atomic E-state index is -0.0127. The number of aliphatic hydroxyl groups is 1. The summed E-state index contributed by atoms with van der Waals surface area (Å²) in [5.74, 6) is 0.657. The molecule has 2 atom stereocenters. The van der Waals surface area contributed by atoms with Crippen LogP contribution in [0.1, 0.15) is 33.6 Å². The first-order valence-electron chi connectivity index (χ1n) is 6.02. The van der Waals surface area contributed by atoms with Gasteiger partial charge in [0.05, 0.1) is 6.10 Å². The third-order valence-corrected chi connectivity index (χ3v) is 3.19. The molecule has 1 aliphatic heterocycles. The Morgan fingerprint density at radius 3 is 2.80 bits per heavy atom. The normalized spacial score (nSPS) is 27.2. The van der Waals surface area contributed by atoms with Gasteiger partial charge in [-0.3, -0.25) is 0 Å². The van der Waals surface area contributed by atoms with Crippen LogP contribution in [0.5, 0.6) is 0 Å². The lowest BCUT2D eigenvalue weighted by Crippen LogP contribution is -2.36. The summed E-state index contributed by atoms with van der Waals surface area (Å²) in [5, 5.41) is 12.6. The Morgan fingerprint density at radius 2 is 2.20 bits per heavy atom. The van der Waals surface area contributed by atoms with E-state index in [1.54, 1.807) is 0 Å². The smallest absolute Gasteiger partial charge is 0.0613 e. The number of aliphatic hydroxyl groups excluding tert-OH is 1. The molecule has 2 N–H and O–H groups in total. The van der Waals surface area contributed by atoms with Crippen molar-refractivity contribution in [2.45, 2.75) is 39.7 Å². The lowest BCUT2D eigenvalue weighted by Gasteiger charge is -2.24. The maximum Gasteiger partial charge on any atom is 0.0613 e. The van der Waals surface area contributed by atoms with Gasteiger partial charge < -0.3 is 15.2 Å². The van der Waals surface area contributed by atoms with Crippen molar-refractivity contribution in [3.05, 3.63) is 0 Å². The monoisotopic (exact) mass is 215 g/mol. The van der Waals surface area contributed by atoms with Gasteiger partial charge in [0.1, 0.15) is 0 Å². The molecule has 0 aliphatic carbocycles. The molecule has 90 valence electrons. The van der Waals surface area contributed by atoms with E-state index in [1.165, 1.54) is 6.42 Å². The van der Waals surface area contributed by atoms with E-state index in [0.717, 1.165) is 26.1 Å². The van der Waals surface area contributed by atoms with Crippen LogP contribution in [-0.2, 0) is 4.74 Å². The van der Waals surface area contributed by atoms with Crippen molar-refractivity contribution in [3.8, 4) is 0 Å². The van der Waals surface area contributed by atoms with Crippen LogP contribution in [0.3, 0.4) is 0 Å². The average Bonchev–Trinajstić information content (AvgIpc) is 2.65. The second-order valence-corrected chi connectivity index (χ2v) is 5.32. The third-order valence-electron chi connectivity index (χ3n) is 3.19. The van der Waals surface area contributed by atoms with Crippen LogP contribution in [0.4, 0.5) is 0 Å². The van der Waals surface area contributed by atoms with E-state index >= 15 is 0 Å². The number of hydrogen-bond donors (Lipinski definition) is 2. The molecule has 0 aromatic rings. The van der Waals surface area contributed by atoms with E-state index in [-0.39, 0.29) is 12.0 Å². The second kappa shape index (κ2) is 5.83. The largest absolute Gasteiger partial charge is 0.396 e. The summed E-state index contributed by atoms with van der Waals surface area (Å²) in [6.07, 6.45) is 2.72. The molecule has 1 aliphatic rings. The van der Waals surface area contributed by atoms with Crippen molar-refractivity contribution in [1.82, 2.24) is 5.32 Å². The van der Waals surface area contributed by atoms with Crippen LogP contribution in [0.15, 0.2) is 0 Å². The first kappa shape index (κ1) is 12.9. The van der Waals surface area contributed by atoms with Crippen LogP contribution < -0.4 is 5.32 Å². The van der Waals surface area contributed by atoms with E-state index in [1.807, 2.05) is 0 Å². The van der Waals surface area contributed by atoms with Gasteiger partial charge in [-0.2, -0.15) is 0 Å². The molecule has 3 heteroatoms. The van der Waals surface area contributed by atoms with E-state index in [9.17, 15) is 0 Å². The molecule has 0 bridgehead atoms. The number of ether oxygens (including phenoxy) is 1. The predicted octanol–water partition coefficient (Wildman–Crippen LogP) is 1.41. The summed E-state index contributed by atoms with van der Waals surface area (Å²) in [6.45, 7) is 9.36. The molecular weight excluding hydrogens is 190 g/mol. The van der Waals surface area contributed by atoms with Gasteiger partial charge in [0.15, 0.2) is 0 Å². The fourth-order valence-corrected chi connectivity index (χ4v) is 2.03. The summed E-state index contributed by atoms with van der Waals surface area (Å²) >= 11 is 0. The molecule has 1 fully saturated rings. The Balaban J connectivity index is 2.19. The highest BCUT2D eigenvalue weighted by atomic mass is 16.5. The molecule has 1 heterocycles. The zero-order valence-corrected chi connectivity index (χ0v) is 10.3. The Labute approximate surface area is 93.2 Å². The molecule has 0 aromatic heterocycles. The number of rotatable bonds is 6. The highest BCUT2D eigenvalue weighted by molar-refractivity contribution is 4.78. The predicted molar refractivity (Wildman–Crippen MR) is 61.9 cm³/mol. The number of hydrogen-bond acceptors (Lipinski definition) is 3. The van der Waals surface area contributed by atoms with Crippen molar-refractivity contribution < 1.29 is 9.84 Å². The average molecular weight is 215 g/mol. The molecule has 15 heavy (non-hydrogen) atoms. The van der Waals surface area contributed by atoms with Gasteiger partial charge in [0.25, 0.3) is 0 Å². The van der Waals surface area contributed by atoms with Crippen molar-refractivity contribution >= 4 is 0 Å². The molecule has 2 unspecified atom stereocenters. The molecular formula is C12H25NO2. The van der Waals surface area contributed by atoms with E-state index < -0.39 is 0 Å². The van der Waals surface area contributed by atoms with Gasteiger partial charge >= 0.3 is 0 Å². The van der Waals surface area contributed by atoms with Gasteiger partial charge in [-0.05, 0) is 18.8 Å². The fraction of sp³-hybridized carbons (Fsp3) is 1.00. The Kier molecular flexibility index (Phi) is 5.03. The van der Waals surface area contributed by atoms with Crippen LogP contribution in [0.25, 0.3) is 0 Å². The molecule has 1 saturated heterocycles. The topological polar surface area (TPSA) is 41.5 Å². The minimum Gasteiger partial charge on any atom is -0.396 e. The third kappa shape index (κ3) is 4.09. The summed E-state index contributed by atoms with van der Waals surface area (Å²) in [5.41, 5.74) is -0.0127.